The summed E-state index contributed by atoms with van der Waals surface area (Å²) in [5, 5.41) is 8.66. The lowest BCUT2D eigenvalue weighted by Crippen LogP contribution is -2.40. The Morgan fingerprint density at radius 1 is 1.41 bits per heavy atom. The summed E-state index contributed by atoms with van der Waals surface area (Å²) in [5.41, 5.74) is 5.92. The van der Waals surface area contributed by atoms with E-state index in [0.717, 1.165) is 5.56 Å². The van der Waals surface area contributed by atoms with Gasteiger partial charge in [-0.05, 0) is 5.56 Å². The Hall–Kier alpha value is -2.08. The third kappa shape index (κ3) is 1.94. The van der Waals surface area contributed by atoms with E-state index in [2.05, 4.69) is 0 Å². The van der Waals surface area contributed by atoms with Crippen molar-refractivity contribution in [3.63, 3.8) is 0 Å². The predicted octanol–water partition coefficient (Wildman–Crippen LogP) is 0.513. The largest absolute Gasteiger partial charge is 0.432 e. The molecule has 17 heavy (non-hydrogen) atoms. The number of hydrogen-bond donors (Lipinski definition) is 3. The van der Waals surface area contributed by atoms with Crippen molar-refractivity contribution in [3.05, 3.63) is 35.9 Å². The fourth-order valence-corrected chi connectivity index (χ4v) is 2.00. The zero-order valence-corrected chi connectivity index (χ0v) is 8.92. The number of carbonyl (C=O) groups excluding carboxylic acids is 2. The maximum Gasteiger partial charge on any atom is 0.405 e. The van der Waals surface area contributed by atoms with E-state index in [1.54, 1.807) is 0 Å². The number of amides is 2. The highest BCUT2D eigenvalue weighted by Gasteiger charge is 2.64. The van der Waals surface area contributed by atoms with Crippen LogP contribution in [0.1, 0.15) is 17.9 Å². The number of primary amides is 1. The Balaban J connectivity index is 2.23. The van der Waals surface area contributed by atoms with Crippen molar-refractivity contribution in [1.82, 2.24) is 5.48 Å². The summed E-state index contributed by atoms with van der Waals surface area (Å²) in [6.07, 6.45) is -0.723. The van der Waals surface area contributed by atoms with Crippen LogP contribution in [0.5, 0.6) is 0 Å². The summed E-state index contributed by atoms with van der Waals surface area (Å²) in [6.45, 7) is 0. The van der Waals surface area contributed by atoms with Crippen molar-refractivity contribution in [1.29, 1.82) is 0 Å². The number of carbonyl (C=O) groups is 2. The van der Waals surface area contributed by atoms with Gasteiger partial charge >= 0.3 is 6.09 Å². The minimum atomic E-state index is -1.37. The molecule has 4 N–H and O–H groups in total. The quantitative estimate of drug-likeness (QED) is 0.525. The molecule has 0 radical (unpaired) electrons. The van der Waals surface area contributed by atoms with Crippen LogP contribution >= 0.6 is 0 Å². The molecule has 1 aliphatic rings. The Morgan fingerprint density at radius 3 is 2.59 bits per heavy atom. The molecule has 1 aliphatic carbocycles. The van der Waals surface area contributed by atoms with Crippen LogP contribution in [0.2, 0.25) is 0 Å². The normalized spacial score (nSPS) is 26.1. The smallest absolute Gasteiger partial charge is 0.405 e. The van der Waals surface area contributed by atoms with E-state index in [1.165, 1.54) is 5.48 Å². The van der Waals surface area contributed by atoms with Crippen LogP contribution in [-0.4, -0.2) is 22.8 Å². The number of rotatable bonds is 3. The van der Waals surface area contributed by atoms with Crippen molar-refractivity contribution in [2.24, 2.45) is 5.73 Å². The van der Waals surface area contributed by atoms with Gasteiger partial charge in [0.25, 0.3) is 5.91 Å². The van der Waals surface area contributed by atoms with Crippen LogP contribution in [0.3, 0.4) is 0 Å². The summed E-state index contributed by atoms with van der Waals surface area (Å²) in [4.78, 5) is 22.3. The summed E-state index contributed by atoms with van der Waals surface area (Å²) in [7, 11) is 0. The van der Waals surface area contributed by atoms with Crippen molar-refractivity contribution in [3.8, 4) is 0 Å². The minimum absolute atomic E-state index is 0.275. The zero-order chi connectivity index (χ0) is 12.5. The van der Waals surface area contributed by atoms with Gasteiger partial charge in [-0.3, -0.25) is 10.0 Å². The second kappa shape index (κ2) is 4.06. The monoisotopic (exact) mass is 236 g/mol. The second-order valence-corrected chi connectivity index (χ2v) is 3.92. The van der Waals surface area contributed by atoms with Crippen molar-refractivity contribution in [2.75, 3.05) is 0 Å². The lowest BCUT2D eigenvalue weighted by Gasteiger charge is -2.14. The molecule has 6 heteroatoms. The summed E-state index contributed by atoms with van der Waals surface area (Å²) in [5.74, 6) is -1.03. The average Bonchev–Trinajstić information content (AvgIpc) is 3.04. The molecule has 0 saturated heterocycles. The average molecular weight is 236 g/mol. The summed E-state index contributed by atoms with van der Waals surface area (Å²) >= 11 is 0. The van der Waals surface area contributed by atoms with E-state index in [4.69, 9.17) is 15.7 Å². The van der Waals surface area contributed by atoms with Crippen LogP contribution in [-0.2, 0) is 9.53 Å². The van der Waals surface area contributed by atoms with Crippen LogP contribution in [0.15, 0.2) is 30.3 Å². The highest BCUT2D eigenvalue weighted by molar-refractivity contribution is 5.91. The van der Waals surface area contributed by atoms with E-state index < -0.39 is 17.6 Å². The third-order valence-corrected chi connectivity index (χ3v) is 2.88. The van der Waals surface area contributed by atoms with Gasteiger partial charge < -0.3 is 10.5 Å². The van der Waals surface area contributed by atoms with Gasteiger partial charge in [-0.2, -0.15) is 0 Å². The maximum atomic E-state index is 11.5. The van der Waals surface area contributed by atoms with Crippen LogP contribution in [0, 0.1) is 0 Å². The molecular weight excluding hydrogens is 224 g/mol. The Labute approximate surface area is 97.3 Å². The molecule has 2 rings (SSSR count). The van der Waals surface area contributed by atoms with Crippen molar-refractivity contribution >= 4 is 12.0 Å². The minimum Gasteiger partial charge on any atom is -0.432 e. The topological polar surface area (TPSA) is 102 Å². The van der Waals surface area contributed by atoms with E-state index in [0.29, 0.717) is 6.42 Å². The molecule has 1 aromatic rings. The first kappa shape index (κ1) is 11.4. The summed E-state index contributed by atoms with van der Waals surface area (Å²) < 4.78 is 4.84. The molecule has 1 aromatic carbocycles. The second-order valence-electron chi connectivity index (χ2n) is 3.92. The highest BCUT2D eigenvalue weighted by atomic mass is 16.6. The first-order chi connectivity index (χ1) is 8.10. The fraction of sp³-hybridized carbons (Fsp3) is 0.273. The molecule has 6 nitrogen and oxygen atoms in total. The first-order valence-corrected chi connectivity index (χ1v) is 5.08. The molecule has 0 aliphatic heterocycles. The molecule has 0 heterocycles. The van der Waals surface area contributed by atoms with Crippen LogP contribution in [0.25, 0.3) is 0 Å². The van der Waals surface area contributed by atoms with Crippen LogP contribution in [0.4, 0.5) is 4.79 Å². The predicted molar refractivity (Wildman–Crippen MR) is 57.1 cm³/mol. The molecule has 0 aromatic heterocycles. The number of hydroxylamine groups is 1. The van der Waals surface area contributed by atoms with Gasteiger partial charge in [0.1, 0.15) is 0 Å². The van der Waals surface area contributed by atoms with Crippen molar-refractivity contribution in [2.45, 2.75) is 17.9 Å². The molecule has 2 amide bonds. The Bertz CT molecular complexity index is 448. The first-order valence-electron chi connectivity index (χ1n) is 5.08. The Kier molecular flexibility index (Phi) is 2.72. The molecule has 0 unspecified atom stereocenters. The molecular formula is C11H12N2O4. The summed E-state index contributed by atoms with van der Waals surface area (Å²) in [6, 6.07) is 9.12. The van der Waals surface area contributed by atoms with Gasteiger partial charge in [0.05, 0.1) is 0 Å². The molecule has 1 fully saturated rings. The SMILES string of the molecule is NC(=O)O[C@@]1(C(=O)NO)C[C@@H]1c1ccccc1. The van der Waals surface area contributed by atoms with E-state index in [1.807, 2.05) is 30.3 Å². The number of ether oxygens (including phenoxy) is 1. The fourth-order valence-electron chi connectivity index (χ4n) is 2.00. The van der Waals surface area contributed by atoms with Gasteiger partial charge in [0.15, 0.2) is 0 Å². The van der Waals surface area contributed by atoms with Gasteiger partial charge in [-0.25, -0.2) is 10.3 Å². The lowest BCUT2D eigenvalue weighted by molar-refractivity contribution is -0.140. The van der Waals surface area contributed by atoms with Gasteiger partial charge in [0, 0.05) is 12.3 Å². The lowest BCUT2D eigenvalue weighted by atomic mass is 10.1. The van der Waals surface area contributed by atoms with Crippen LogP contribution < -0.4 is 11.2 Å². The number of nitrogens with two attached hydrogens (primary N) is 1. The zero-order valence-electron chi connectivity index (χ0n) is 8.92. The molecule has 90 valence electrons. The molecule has 0 spiro atoms. The number of nitrogens with one attached hydrogen (secondary N) is 1. The molecule has 0 bridgehead atoms. The van der Waals surface area contributed by atoms with E-state index in [9.17, 15) is 9.59 Å². The van der Waals surface area contributed by atoms with Gasteiger partial charge in [-0.15, -0.1) is 0 Å². The van der Waals surface area contributed by atoms with E-state index >= 15 is 0 Å². The highest BCUT2D eigenvalue weighted by Crippen LogP contribution is 2.54. The van der Waals surface area contributed by atoms with Crippen molar-refractivity contribution < 1.29 is 19.5 Å². The molecule has 2 atom stereocenters. The molecule has 1 saturated carbocycles. The number of hydrogen-bond acceptors (Lipinski definition) is 4. The number of benzene rings is 1. The van der Waals surface area contributed by atoms with Gasteiger partial charge in [0.2, 0.25) is 5.60 Å². The Morgan fingerprint density at radius 2 is 2.06 bits per heavy atom. The standard InChI is InChI=1S/C11H12N2O4/c12-10(15)17-11(9(14)13-16)6-8(11)7-4-2-1-3-5-7/h1-5,8,16H,6H2,(H2,12,15)(H,13,14)/t8-,11+/m1/s1. The van der Waals surface area contributed by atoms with Gasteiger partial charge in [-0.1, -0.05) is 30.3 Å². The van der Waals surface area contributed by atoms with E-state index in [-0.39, 0.29) is 5.92 Å². The third-order valence-electron chi connectivity index (χ3n) is 2.88. The maximum absolute atomic E-state index is 11.5.